The van der Waals surface area contributed by atoms with Crippen molar-refractivity contribution in [2.24, 2.45) is 5.73 Å². The van der Waals surface area contributed by atoms with E-state index < -0.39 is 29.5 Å². The SMILES string of the molecule is CCOC(=O)C(CC)Oc1c(F)cc(CCN)cc1F. The van der Waals surface area contributed by atoms with Crippen molar-refractivity contribution < 1.29 is 23.0 Å². The number of benzene rings is 1. The molecule has 2 N–H and O–H groups in total. The van der Waals surface area contributed by atoms with Gasteiger partial charge < -0.3 is 15.2 Å². The molecule has 0 aliphatic rings. The second-order valence-corrected chi connectivity index (χ2v) is 4.19. The molecule has 20 heavy (non-hydrogen) atoms. The second kappa shape index (κ2) is 7.79. The summed E-state index contributed by atoms with van der Waals surface area (Å²) in [7, 11) is 0. The Hall–Kier alpha value is -1.69. The Labute approximate surface area is 116 Å². The number of hydrogen-bond donors (Lipinski definition) is 1. The molecule has 0 heterocycles. The second-order valence-electron chi connectivity index (χ2n) is 4.19. The summed E-state index contributed by atoms with van der Waals surface area (Å²) in [5.41, 5.74) is 5.78. The molecule has 0 radical (unpaired) electrons. The molecule has 0 aliphatic carbocycles. The summed E-state index contributed by atoms with van der Waals surface area (Å²) in [5, 5.41) is 0. The molecule has 112 valence electrons. The van der Waals surface area contributed by atoms with Crippen LogP contribution in [0.2, 0.25) is 0 Å². The van der Waals surface area contributed by atoms with E-state index in [1.807, 2.05) is 0 Å². The summed E-state index contributed by atoms with van der Waals surface area (Å²) < 4.78 is 37.5. The third kappa shape index (κ3) is 4.16. The van der Waals surface area contributed by atoms with Crippen LogP contribution in [-0.4, -0.2) is 25.2 Å². The molecule has 0 saturated carbocycles. The molecule has 0 bridgehead atoms. The van der Waals surface area contributed by atoms with Gasteiger partial charge >= 0.3 is 5.97 Å². The summed E-state index contributed by atoms with van der Waals surface area (Å²) in [6, 6.07) is 2.31. The maximum Gasteiger partial charge on any atom is 0.347 e. The fourth-order valence-electron chi connectivity index (χ4n) is 1.71. The number of carbonyl (C=O) groups is 1. The molecule has 6 heteroatoms. The first kappa shape index (κ1) is 16.4. The van der Waals surface area contributed by atoms with Crippen LogP contribution in [0.5, 0.6) is 5.75 Å². The Bertz CT molecular complexity index is 443. The Kier molecular flexibility index (Phi) is 6.38. The molecule has 1 aromatic rings. The van der Waals surface area contributed by atoms with Gasteiger partial charge in [-0.15, -0.1) is 0 Å². The zero-order valence-electron chi connectivity index (χ0n) is 11.6. The minimum absolute atomic E-state index is 0.180. The van der Waals surface area contributed by atoms with E-state index >= 15 is 0 Å². The lowest BCUT2D eigenvalue weighted by molar-refractivity contribution is -0.151. The van der Waals surface area contributed by atoms with E-state index in [2.05, 4.69) is 0 Å². The lowest BCUT2D eigenvalue weighted by Crippen LogP contribution is -2.29. The van der Waals surface area contributed by atoms with E-state index in [4.69, 9.17) is 15.2 Å². The normalized spacial score (nSPS) is 12.1. The maximum absolute atomic E-state index is 13.8. The number of rotatable bonds is 7. The van der Waals surface area contributed by atoms with Gasteiger partial charge in [0.15, 0.2) is 23.5 Å². The van der Waals surface area contributed by atoms with Crippen LogP contribution in [0.3, 0.4) is 0 Å². The first-order valence-electron chi connectivity index (χ1n) is 6.54. The number of halogens is 2. The predicted molar refractivity (Wildman–Crippen MR) is 70.5 cm³/mol. The monoisotopic (exact) mass is 287 g/mol. The van der Waals surface area contributed by atoms with Crippen molar-refractivity contribution in [2.75, 3.05) is 13.2 Å². The zero-order chi connectivity index (χ0) is 15.1. The van der Waals surface area contributed by atoms with E-state index in [0.29, 0.717) is 18.5 Å². The number of nitrogens with two attached hydrogens (primary N) is 1. The van der Waals surface area contributed by atoms with Crippen LogP contribution in [0, 0.1) is 11.6 Å². The van der Waals surface area contributed by atoms with Gasteiger partial charge in [-0.3, -0.25) is 0 Å². The Morgan fingerprint density at radius 2 is 1.90 bits per heavy atom. The van der Waals surface area contributed by atoms with E-state index in [-0.39, 0.29) is 13.0 Å². The van der Waals surface area contributed by atoms with Crippen molar-refractivity contribution in [3.8, 4) is 5.75 Å². The molecule has 0 fully saturated rings. The van der Waals surface area contributed by atoms with Gasteiger partial charge in [-0.1, -0.05) is 6.92 Å². The van der Waals surface area contributed by atoms with Crippen LogP contribution >= 0.6 is 0 Å². The van der Waals surface area contributed by atoms with Gasteiger partial charge in [0.25, 0.3) is 0 Å². The average Bonchev–Trinajstić information content (AvgIpc) is 2.38. The minimum atomic E-state index is -1.03. The highest BCUT2D eigenvalue weighted by Crippen LogP contribution is 2.25. The van der Waals surface area contributed by atoms with Crippen LogP contribution in [0.4, 0.5) is 8.78 Å². The first-order chi connectivity index (χ1) is 9.53. The molecule has 0 amide bonds. The van der Waals surface area contributed by atoms with Gasteiger partial charge in [-0.05, 0) is 44.0 Å². The van der Waals surface area contributed by atoms with Crippen molar-refractivity contribution in [1.29, 1.82) is 0 Å². The lowest BCUT2D eigenvalue weighted by atomic mass is 10.1. The largest absolute Gasteiger partial charge is 0.473 e. The van der Waals surface area contributed by atoms with E-state index in [1.54, 1.807) is 13.8 Å². The highest BCUT2D eigenvalue weighted by atomic mass is 19.1. The Morgan fingerprint density at radius 3 is 2.35 bits per heavy atom. The summed E-state index contributed by atoms with van der Waals surface area (Å²) in [6.45, 7) is 3.78. The van der Waals surface area contributed by atoms with Crippen LogP contribution in [0.25, 0.3) is 0 Å². The average molecular weight is 287 g/mol. The van der Waals surface area contributed by atoms with Crippen LogP contribution < -0.4 is 10.5 Å². The molecule has 4 nitrogen and oxygen atoms in total. The van der Waals surface area contributed by atoms with Gasteiger partial charge in [0, 0.05) is 0 Å². The molecular weight excluding hydrogens is 268 g/mol. The summed E-state index contributed by atoms with van der Waals surface area (Å²) in [4.78, 5) is 11.6. The summed E-state index contributed by atoms with van der Waals surface area (Å²) in [5.74, 6) is -2.90. The van der Waals surface area contributed by atoms with Crippen molar-refractivity contribution >= 4 is 5.97 Å². The number of hydrogen-bond acceptors (Lipinski definition) is 4. The molecule has 0 spiro atoms. The third-order valence-corrected chi connectivity index (χ3v) is 2.67. The Balaban J connectivity index is 2.93. The maximum atomic E-state index is 13.8. The van der Waals surface area contributed by atoms with Crippen LogP contribution in [-0.2, 0) is 16.0 Å². The fraction of sp³-hybridized carbons (Fsp3) is 0.500. The van der Waals surface area contributed by atoms with Crippen molar-refractivity contribution in [1.82, 2.24) is 0 Å². The Morgan fingerprint density at radius 1 is 1.30 bits per heavy atom. The molecule has 1 rings (SSSR count). The first-order valence-corrected chi connectivity index (χ1v) is 6.54. The predicted octanol–water partition coefficient (Wildman–Crippen LogP) is 2.19. The zero-order valence-corrected chi connectivity index (χ0v) is 11.6. The van der Waals surface area contributed by atoms with E-state index in [1.165, 1.54) is 0 Å². The van der Waals surface area contributed by atoms with Crippen molar-refractivity contribution in [2.45, 2.75) is 32.8 Å². The van der Waals surface area contributed by atoms with E-state index in [9.17, 15) is 13.6 Å². The van der Waals surface area contributed by atoms with Gasteiger partial charge in [0.2, 0.25) is 0 Å². The van der Waals surface area contributed by atoms with Gasteiger partial charge in [0.05, 0.1) is 6.61 Å². The summed E-state index contributed by atoms with van der Waals surface area (Å²) in [6.07, 6.45) is -0.412. The molecule has 0 saturated heterocycles. The van der Waals surface area contributed by atoms with E-state index in [0.717, 1.165) is 12.1 Å². The molecule has 1 unspecified atom stereocenters. The molecule has 1 atom stereocenters. The molecule has 1 aromatic carbocycles. The number of ether oxygens (including phenoxy) is 2. The topological polar surface area (TPSA) is 61.5 Å². The van der Waals surface area contributed by atoms with Gasteiger partial charge in [-0.25, -0.2) is 13.6 Å². The molecular formula is C14H19F2NO3. The smallest absolute Gasteiger partial charge is 0.347 e. The standard InChI is InChI=1S/C14H19F2NO3/c1-3-12(14(18)19-4-2)20-13-10(15)7-9(5-6-17)8-11(13)16/h7-8,12H,3-6,17H2,1-2H3. The number of esters is 1. The highest BCUT2D eigenvalue weighted by Gasteiger charge is 2.23. The van der Waals surface area contributed by atoms with Crippen LogP contribution in [0.15, 0.2) is 12.1 Å². The van der Waals surface area contributed by atoms with Gasteiger partial charge in [-0.2, -0.15) is 0 Å². The van der Waals surface area contributed by atoms with Gasteiger partial charge in [0.1, 0.15) is 0 Å². The molecule has 0 aliphatic heterocycles. The summed E-state index contributed by atoms with van der Waals surface area (Å²) >= 11 is 0. The van der Waals surface area contributed by atoms with Crippen LogP contribution in [0.1, 0.15) is 25.8 Å². The minimum Gasteiger partial charge on any atom is -0.473 e. The van der Waals surface area contributed by atoms with Crippen molar-refractivity contribution in [3.63, 3.8) is 0 Å². The fourth-order valence-corrected chi connectivity index (χ4v) is 1.71. The quantitative estimate of drug-likeness (QED) is 0.781. The molecule has 0 aromatic heterocycles. The number of carbonyl (C=O) groups excluding carboxylic acids is 1. The third-order valence-electron chi connectivity index (χ3n) is 2.67. The lowest BCUT2D eigenvalue weighted by Gasteiger charge is -2.17. The van der Waals surface area contributed by atoms with Crippen molar-refractivity contribution in [3.05, 3.63) is 29.3 Å². The highest BCUT2D eigenvalue weighted by molar-refractivity contribution is 5.75.